The highest BCUT2D eigenvalue weighted by Gasteiger charge is 2.87. The Kier molecular flexibility index (Phi) is 5.38. The maximum Gasteiger partial charge on any atom is 0.282 e. The van der Waals surface area contributed by atoms with E-state index in [0.29, 0.717) is 33.6 Å². The lowest BCUT2D eigenvalue weighted by molar-refractivity contribution is -0.312. The molecule has 3 aliphatic rings. The van der Waals surface area contributed by atoms with Crippen LogP contribution in [0.2, 0.25) is 0 Å². The number of aliphatic hydroxyl groups is 2. The quantitative estimate of drug-likeness (QED) is 0.520. The summed E-state index contributed by atoms with van der Waals surface area (Å²) in [5.74, 6) is -1.76. The molecular weight excluding hydrogens is 494 g/mol. The van der Waals surface area contributed by atoms with E-state index in [4.69, 9.17) is 23.8 Å². The Balaban J connectivity index is 1.73. The van der Waals surface area contributed by atoms with Crippen molar-refractivity contribution in [3.05, 3.63) is 83.4 Å². The van der Waals surface area contributed by atoms with Crippen molar-refractivity contribution in [2.45, 2.75) is 22.9 Å². The highest BCUT2D eigenvalue weighted by Crippen LogP contribution is 2.75. The molecule has 5 atom stereocenters. The number of hydrogen-bond acceptors (Lipinski definition) is 9. The van der Waals surface area contributed by atoms with E-state index in [1.165, 1.54) is 18.9 Å². The molecule has 9 heteroatoms. The van der Waals surface area contributed by atoms with E-state index in [-0.39, 0.29) is 5.56 Å². The summed E-state index contributed by atoms with van der Waals surface area (Å²) in [5, 5.41) is 30.2. The predicted molar refractivity (Wildman–Crippen MR) is 138 cm³/mol. The largest absolute Gasteiger partial charge is 0.497 e. The van der Waals surface area contributed by atoms with Crippen molar-refractivity contribution in [1.82, 2.24) is 0 Å². The summed E-state index contributed by atoms with van der Waals surface area (Å²) in [5.41, 5.74) is -1.90. The van der Waals surface area contributed by atoms with Crippen LogP contribution in [0.3, 0.4) is 0 Å². The number of thioether (sulfide) groups is 1. The molecule has 192 valence electrons. The number of fused-ring (bicyclic) bond motifs is 5. The van der Waals surface area contributed by atoms with Crippen molar-refractivity contribution < 1.29 is 34.0 Å². The summed E-state index contributed by atoms with van der Waals surface area (Å²) in [4.78, 5) is 5.82. The van der Waals surface area contributed by atoms with Crippen LogP contribution < -0.4 is 18.9 Å². The van der Waals surface area contributed by atoms with Gasteiger partial charge in [-0.15, -0.1) is 11.8 Å². The molecule has 2 N–H and O–H groups in total. The minimum absolute atomic E-state index is 0.273. The summed E-state index contributed by atoms with van der Waals surface area (Å²) < 4.78 is 23.5. The average Bonchev–Trinajstić information content (AvgIpc) is 3.48. The predicted octanol–water partition coefficient (Wildman–Crippen LogP) is 4.00. The second-order valence-electron chi connectivity index (χ2n) is 9.27. The number of hydrogen-bond donors (Lipinski definition) is 2. The molecular formula is C28H27NO7S. The summed E-state index contributed by atoms with van der Waals surface area (Å²) in [7, 11) is 4.63. The van der Waals surface area contributed by atoms with Gasteiger partial charge in [0.05, 0.1) is 32.8 Å². The van der Waals surface area contributed by atoms with Crippen molar-refractivity contribution in [2.24, 2.45) is 11.1 Å². The Bertz CT molecular complexity index is 1380. The van der Waals surface area contributed by atoms with E-state index >= 15 is 0 Å². The molecule has 3 aromatic rings. The Labute approximate surface area is 218 Å². The number of oxime groups is 1. The standard InChI is InChI=1S/C28H27NO7S/c1-32-18-12-10-17(11-13-18)26-22(16-8-6-5-7-9-16)24-25(37-4)29-36-28(24,31)27(26,30)23-20(34-3)14-19(33-2)15-21(23)35-26/h5-15,22,24,30-31H,1-4H3/t22-,24+,26+,27-,28-/m1/s1. The van der Waals surface area contributed by atoms with Gasteiger partial charge >= 0.3 is 0 Å². The number of rotatable bonds is 5. The molecule has 0 aromatic heterocycles. The van der Waals surface area contributed by atoms with Gasteiger partial charge in [0.15, 0.2) is 5.60 Å². The smallest absolute Gasteiger partial charge is 0.282 e. The van der Waals surface area contributed by atoms with E-state index in [1.807, 2.05) is 48.7 Å². The third-order valence-electron chi connectivity index (χ3n) is 7.80. The van der Waals surface area contributed by atoms with Crippen LogP contribution in [0.4, 0.5) is 0 Å². The van der Waals surface area contributed by atoms with Crippen LogP contribution in [0.15, 0.2) is 71.9 Å². The molecule has 0 radical (unpaired) electrons. The van der Waals surface area contributed by atoms with Gasteiger partial charge in [-0.05, 0) is 29.5 Å². The van der Waals surface area contributed by atoms with Crippen LogP contribution in [-0.4, -0.2) is 48.6 Å². The Morgan fingerprint density at radius 1 is 0.865 bits per heavy atom. The third-order valence-corrected chi connectivity index (χ3v) is 8.55. The fourth-order valence-corrected chi connectivity index (χ4v) is 6.94. The average molecular weight is 522 g/mol. The second-order valence-corrected chi connectivity index (χ2v) is 10.1. The van der Waals surface area contributed by atoms with Crippen molar-refractivity contribution in [2.75, 3.05) is 27.6 Å². The molecule has 37 heavy (non-hydrogen) atoms. The van der Waals surface area contributed by atoms with Crippen LogP contribution in [0.25, 0.3) is 0 Å². The van der Waals surface area contributed by atoms with Crippen molar-refractivity contribution >= 4 is 16.8 Å². The minimum Gasteiger partial charge on any atom is -0.497 e. The first-order valence-electron chi connectivity index (χ1n) is 11.8. The molecule has 0 spiro atoms. The number of benzene rings is 3. The van der Waals surface area contributed by atoms with E-state index in [2.05, 4.69) is 5.16 Å². The number of methoxy groups -OCH3 is 3. The molecule has 2 heterocycles. The number of ether oxygens (including phenoxy) is 4. The first-order chi connectivity index (χ1) is 17.9. The lowest BCUT2D eigenvalue weighted by Gasteiger charge is -2.42. The van der Waals surface area contributed by atoms with Crippen molar-refractivity contribution in [3.63, 3.8) is 0 Å². The molecule has 0 bridgehead atoms. The fourth-order valence-electron chi connectivity index (χ4n) is 6.28. The lowest BCUT2D eigenvalue weighted by atomic mass is 9.70. The zero-order chi connectivity index (χ0) is 26.0. The molecule has 8 nitrogen and oxygen atoms in total. The van der Waals surface area contributed by atoms with Crippen LogP contribution in [-0.2, 0) is 16.0 Å². The van der Waals surface area contributed by atoms with Gasteiger partial charge in [-0.2, -0.15) is 0 Å². The molecule has 3 aromatic carbocycles. The van der Waals surface area contributed by atoms with Crippen molar-refractivity contribution in [1.29, 1.82) is 0 Å². The second kappa shape index (κ2) is 8.31. The van der Waals surface area contributed by atoms with E-state index in [1.54, 1.807) is 38.5 Å². The first kappa shape index (κ1) is 24.0. The van der Waals surface area contributed by atoms with Crippen molar-refractivity contribution in [3.8, 4) is 23.0 Å². The van der Waals surface area contributed by atoms with Crippen LogP contribution in [0.5, 0.6) is 23.0 Å². The SMILES string of the molecule is COc1ccc([C@@]23Oc4cc(OC)cc(OC)c4[C@]2(O)[C@]2(O)ON=C(SC)[C@@H]2[C@H]3c2ccccc2)cc1. The zero-order valence-corrected chi connectivity index (χ0v) is 21.6. The van der Waals surface area contributed by atoms with Gasteiger partial charge in [-0.1, -0.05) is 47.6 Å². The Morgan fingerprint density at radius 2 is 1.57 bits per heavy atom. The van der Waals surface area contributed by atoms with E-state index in [9.17, 15) is 10.2 Å². The van der Waals surface area contributed by atoms with Gasteiger partial charge in [0, 0.05) is 18.1 Å². The maximum absolute atomic E-state index is 13.0. The summed E-state index contributed by atoms with van der Waals surface area (Å²) in [6.45, 7) is 0. The molecule has 1 aliphatic carbocycles. The summed E-state index contributed by atoms with van der Waals surface area (Å²) in [6, 6.07) is 20.3. The van der Waals surface area contributed by atoms with Gasteiger partial charge in [-0.25, -0.2) is 0 Å². The zero-order valence-electron chi connectivity index (χ0n) is 20.8. The molecule has 0 unspecified atom stereocenters. The summed E-state index contributed by atoms with van der Waals surface area (Å²) in [6.07, 6.45) is 1.87. The number of nitrogens with zero attached hydrogens (tertiary/aromatic N) is 1. The highest BCUT2D eigenvalue weighted by atomic mass is 32.2. The first-order valence-corrected chi connectivity index (χ1v) is 13.0. The van der Waals surface area contributed by atoms with Crippen LogP contribution in [0.1, 0.15) is 22.6 Å². The van der Waals surface area contributed by atoms with Gasteiger partial charge < -0.3 is 34.0 Å². The van der Waals surface area contributed by atoms with E-state index in [0.717, 1.165) is 5.56 Å². The van der Waals surface area contributed by atoms with Gasteiger partial charge in [0.1, 0.15) is 28.0 Å². The van der Waals surface area contributed by atoms with Crippen LogP contribution in [0, 0.1) is 5.92 Å². The molecule has 1 fully saturated rings. The molecule has 2 aliphatic heterocycles. The molecule has 0 amide bonds. The highest BCUT2D eigenvalue weighted by molar-refractivity contribution is 8.13. The maximum atomic E-state index is 13.0. The molecule has 6 rings (SSSR count). The van der Waals surface area contributed by atoms with Crippen LogP contribution >= 0.6 is 11.8 Å². The normalized spacial score (nSPS) is 30.9. The van der Waals surface area contributed by atoms with E-state index < -0.39 is 28.8 Å². The fraction of sp³-hybridized carbons (Fsp3) is 0.321. The Morgan fingerprint density at radius 3 is 2.19 bits per heavy atom. The topological polar surface area (TPSA) is 99.0 Å². The molecule has 1 saturated carbocycles. The monoisotopic (exact) mass is 521 g/mol. The summed E-state index contributed by atoms with van der Waals surface area (Å²) >= 11 is 1.37. The molecule has 0 saturated heterocycles. The van der Waals surface area contributed by atoms with Gasteiger partial charge in [-0.3, -0.25) is 0 Å². The van der Waals surface area contributed by atoms with Gasteiger partial charge in [0.25, 0.3) is 5.79 Å². The third kappa shape index (κ3) is 2.84. The van der Waals surface area contributed by atoms with Gasteiger partial charge in [0.2, 0.25) is 5.60 Å². The Hall–Kier alpha value is -3.40. The lowest BCUT2D eigenvalue weighted by Crippen LogP contribution is -2.58. The minimum atomic E-state index is -2.17.